The van der Waals surface area contributed by atoms with Crippen molar-refractivity contribution in [1.29, 1.82) is 0 Å². The number of piperazine rings is 1. The van der Waals surface area contributed by atoms with Gasteiger partial charge in [0.25, 0.3) is 0 Å². The minimum atomic E-state index is -1.27. The lowest BCUT2D eigenvalue weighted by Crippen LogP contribution is -2.76. The number of methoxy groups -OCH3 is 1. The van der Waals surface area contributed by atoms with Gasteiger partial charge < -0.3 is 25.0 Å². The van der Waals surface area contributed by atoms with Gasteiger partial charge in [-0.15, -0.1) is 0 Å². The fourth-order valence-corrected chi connectivity index (χ4v) is 4.99. The summed E-state index contributed by atoms with van der Waals surface area (Å²) in [5.41, 5.74) is 1.50. The molecule has 2 heterocycles. The van der Waals surface area contributed by atoms with Crippen molar-refractivity contribution in [2.45, 2.75) is 31.7 Å². The van der Waals surface area contributed by atoms with Crippen molar-refractivity contribution in [2.24, 2.45) is 0 Å². The topological polar surface area (TPSA) is 123 Å². The number of hydrogen-bond donors (Lipinski definition) is 2. The van der Waals surface area contributed by atoms with E-state index in [1.54, 1.807) is 44.5 Å². The Morgan fingerprint density at radius 2 is 1.76 bits per heavy atom. The van der Waals surface area contributed by atoms with E-state index in [1.165, 1.54) is 19.8 Å². The van der Waals surface area contributed by atoms with Crippen molar-refractivity contribution in [3.05, 3.63) is 63.6 Å². The summed E-state index contributed by atoms with van der Waals surface area (Å²) >= 11 is 12.2. The molecule has 2 aliphatic rings. The number of ether oxygens (including phenoxy) is 1. The SMILES string of the molecule is COc1ccc(CNC(=O)N2[C@H]3CN(Cc4ccc(Cl)c(Cl)c4)C(=O)[C@H](CC(=O)O)N3C(=O)CN2C)cc1. The predicted molar refractivity (Wildman–Crippen MR) is 138 cm³/mol. The molecular formula is C25H27Cl2N5O6. The number of aliphatic carboxylic acids is 1. The molecule has 2 atom stereocenters. The van der Waals surface area contributed by atoms with Crippen LogP contribution in [0.1, 0.15) is 17.5 Å². The number of carbonyl (C=O) groups is 4. The van der Waals surface area contributed by atoms with Gasteiger partial charge in [0.15, 0.2) is 0 Å². The number of nitrogens with zero attached hydrogens (tertiary/aromatic N) is 4. The first-order valence-electron chi connectivity index (χ1n) is 11.8. The molecule has 4 amide bonds. The zero-order chi connectivity index (χ0) is 27.6. The standard InChI is InChI=1S/C25H27Cl2N5O6/c1-29-14-22(33)31-20(10-23(34)35)24(36)30(12-16-5-8-18(26)19(27)9-16)13-21(31)32(29)25(37)28-11-15-3-6-17(38-2)7-4-15/h3-9,20-21H,10-14H2,1-2H3,(H,28,37)(H,34,35)/t20-,21-/m0/s1. The highest BCUT2D eigenvalue weighted by molar-refractivity contribution is 6.42. The van der Waals surface area contributed by atoms with Gasteiger partial charge in [-0.25, -0.2) is 14.8 Å². The summed E-state index contributed by atoms with van der Waals surface area (Å²) in [6.07, 6.45) is -1.51. The normalized spacial score (nSPS) is 19.8. The molecule has 13 heteroatoms. The highest BCUT2D eigenvalue weighted by Gasteiger charge is 2.51. The molecule has 2 aromatic carbocycles. The molecule has 2 aliphatic heterocycles. The smallest absolute Gasteiger partial charge is 0.334 e. The minimum absolute atomic E-state index is 0.0266. The van der Waals surface area contributed by atoms with E-state index >= 15 is 0 Å². The summed E-state index contributed by atoms with van der Waals surface area (Å²) in [5, 5.41) is 15.9. The summed E-state index contributed by atoms with van der Waals surface area (Å²) in [4.78, 5) is 54.2. The minimum Gasteiger partial charge on any atom is -0.497 e. The van der Waals surface area contributed by atoms with Crippen molar-refractivity contribution < 1.29 is 29.0 Å². The average Bonchev–Trinajstić information content (AvgIpc) is 2.87. The number of carboxylic acid groups (broad SMARTS) is 1. The Bertz CT molecular complexity index is 1240. The van der Waals surface area contributed by atoms with Gasteiger partial charge in [0.05, 0.1) is 36.7 Å². The van der Waals surface area contributed by atoms with Gasteiger partial charge in [-0.1, -0.05) is 41.4 Å². The molecule has 11 nitrogen and oxygen atoms in total. The maximum absolute atomic E-state index is 13.4. The zero-order valence-corrected chi connectivity index (χ0v) is 22.3. The second-order valence-corrected chi connectivity index (χ2v) is 9.84. The van der Waals surface area contributed by atoms with Gasteiger partial charge >= 0.3 is 12.0 Å². The van der Waals surface area contributed by atoms with Crippen LogP contribution in [-0.4, -0.2) is 88.2 Å². The molecule has 4 rings (SSSR count). The van der Waals surface area contributed by atoms with E-state index in [2.05, 4.69) is 5.32 Å². The second kappa shape index (κ2) is 11.5. The Labute approximate surface area is 229 Å². The van der Waals surface area contributed by atoms with Crippen molar-refractivity contribution in [1.82, 2.24) is 25.1 Å². The first kappa shape index (κ1) is 27.5. The van der Waals surface area contributed by atoms with Gasteiger partial charge in [-0.05, 0) is 35.4 Å². The molecule has 0 bridgehead atoms. The highest BCUT2D eigenvalue weighted by Crippen LogP contribution is 2.29. The van der Waals surface area contributed by atoms with Gasteiger partial charge in [0.1, 0.15) is 18.0 Å². The monoisotopic (exact) mass is 563 g/mol. The van der Waals surface area contributed by atoms with E-state index in [9.17, 15) is 24.3 Å². The number of hydrogen-bond acceptors (Lipinski definition) is 6. The maximum Gasteiger partial charge on any atom is 0.334 e. The molecule has 0 aromatic heterocycles. The third-order valence-electron chi connectivity index (χ3n) is 6.48. The van der Waals surface area contributed by atoms with Crippen LogP contribution in [0.4, 0.5) is 4.79 Å². The lowest BCUT2D eigenvalue weighted by atomic mass is 10.0. The molecule has 38 heavy (non-hydrogen) atoms. The molecule has 202 valence electrons. The maximum atomic E-state index is 13.4. The van der Waals surface area contributed by atoms with Crippen LogP contribution in [0.3, 0.4) is 0 Å². The van der Waals surface area contributed by atoms with E-state index in [4.69, 9.17) is 27.9 Å². The molecular weight excluding hydrogens is 537 g/mol. The molecule has 2 N–H and O–H groups in total. The fourth-order valence-electron chi connectivity index (χ4n) is 4.67. The summed E-state index contributed by atoms with van der Waals surface area (Å²) in [6.45, 7) is 0.0809. The average molecular weight is 564 g/mol. The van der Waals surface area contributed by atoms with Crippen molar-refractivity contribution in [3.8, 4) is 5.75 Å². The lowest BCUT2D eigenvalue weighted by molar-refractivity contribution is -0.189. The molecule has 0 aliphatic carbocycles. The van der Waals surface area contributed by atoms with E-state index in [0.29, 0.717) is 21.4 Å². The first-order chi connectivity index (χ1) is 18.1. The lowest BCUT2D eigenvalue weighted by Gasteiger charge is -2.54. The van der Waals surface area contributed by atoms with Crippen LogP contribution >= 0.6 is 23.2 Å². The molecule has 0 spiro atoms. The van der Waals surface area contributed by atoms with E-state index in [0.717, 1.165) is 5.56 Å². The highest BCUT2D eigenvalue weighted by atomic mass is 35.5. The van der Waals surface area contributed by atoms with Crippen molar-refractivity contribution in [3.63, 3.8) is 0 Å². The zero-order valence-electron chi connectivity index (χ0n) is 20.8. The first-order valence-corrected chi connectivity index (χ1v) is 12.5. The van der Waals surface area contributed by atoms with Gasteiger partial charge in [-0.2, -0.15) is 0 Å². The number of halogens is 2. The van der Waals surface area contributed by atoms with E-state index in [1.807, 2.05) is 12.1 Å². The van der Waals surface area contributed by atoms with E-state index in [-0.39, 0.29) is 26.2 Å². The van der Waals surface area contributed by atoms with Crippen LogP contribution in [0, 0.1) is 0 Å². The number of hydrazine groups is 1. The van der Waals surface area contributed by atoms with Crippen molar-refractivity contribution >= 4 is 47.0 Å². The number of carbonyl (C=O) groups excluding carboxylic acids is 3. The number of fused-ring (bicyclic) bond motifs is 1. The summed E-state index contributed by atoms with van der Waals surface area (Å²) in [5.74, 6) is -1.51. The van der Waals surface area contributed by atoms with Gasteiger partial charge in [-0.3, -0.25) is 14.4 Å². The number of nitrogens with one attached hydrogen (secondary N) is 1. The Morgan fingerprint density at radius 1 is 1.08 bits per heavy atom. The van der Waals surface area contributed by atoms with E-state index < -0.39 is 42.4 Å². The van der Waals surface area contributed by atoms with Crippen LogP contribution in [-0.2, 0) is 27.5 Å². The number of urea groups is 1. The Kier molecular flexibility index (Phi) is 8.29. The Balaban J connectivity index is 1.60. The van der Waals surface area contributed by atoms with Crippen LogP contribution in [0.2, 0.25) is 10.0 Å². The number of amides is 4. The van der Waals surface area contributed by atoms with Crippen LogP contribution < -0.4 is 10.1 Å². The predicted octanol–water partition coefficient (Wildman–Crippen LogP) is 2.41. The number of carboxylic acids is 1. The number of rotatable bonds is 7. The number of likely N-dealkylation sites (N-methyl/N-ethyl adjacent to an activating group) is 1. The Hall–Kier alpha value is -3.54. The molecule has 0 unspecified atom stereocenters. The summed E-state index contributed by atoms with van der Waals surface area (Å²) < 4.78 is 5.16. The van der Waals surface area contributed by atoms with Crippen LogP contribution in [0.25, 0.3) is 0 Å². The van der Waals surface area contributed by atoms with Crippen LogP contribution in [0.5, 0.6) is 5.75 Å². The molecule has 2 aromatic rings. The summed E-state index contributed by atoms with van der Waals surface area (Å²) in [7, 11) is 3.15. The molecule has 0 saturated carbocycles. The quantitative estimate of drug-likeness (QED) is 0.530. The van der Waals surface area contributed by atoms with Gasteiger partial charge in [0.2, 0.25) is 11.8 Å². The van der Waals surface area contributed by atoms with Gasteiger partial charge in [0, 0.05) is 20.1 Å². The molecule has 0 radical (unpaired) electrons. The van der Waals surface area contributed by atoms with Crippen LogP contribution in [0.15, 0.2) is 42.5 Å². The summed E-state index contributed by atoms with van der Waals surface area (Å²) in [6, 6.07) is 10.3. The third-order valence-corrected chi connectivity index (χ3v) is 7.21. The largest absolute Gasteiger partial charge is 0.497 e. The molecule has 2 fully saturated rings. The second-order valence-electron chi connectivity index (χ2n) is 9.03. The van der Waals surface area contributed by atoms with Crippen molar-refractivity contribution in [2.75, 3.05) is 27.2 Å². The molecule has 2 saturated heterocycles. The number of benzene rings is 2. The fraction of sp³-hybridized carbons (Fsp3) is 0.360. The third kappa shape index (κ3) is 5.79. The Morgan fingerprint density at radius 3 is 2.39 bits per heavy atom.